The minimum Gasteiger partial charge on any atom is -0.374 e. The van der Waals surface area contributed by atoms with Crippen LogP contribution in [-0.4, -0.2) is 56.7 Å². The van der Waals surface area contributed by atoms with Gasteiger partial charge in [-0.3, -0.25) is 4.79 Å². The van der Waals surface area contributed by atoms with Crippen molar-refractivity contribution in [3.05, 3.63) is 0 Å². The summed E-state index contributed by atoms with van der Waals surface area (Å²) in [6.07, 6.45) is 2.49. The molecule has 1 amide bonds. The maximum Gasteiger partial charge on any atom is 0.220 e. The predicted molar refractivity (Wildman–Crippen MR) is 63.2 cm³/mol. The Morgan fingerprint density at radius 2 is 2.38 bits per heavy atom. The number of ether oxygens (including phenoxy) is 1. The van der Waals surface area contributed by atoms with Gasteiger partial charge in [0.05, 0.1) is 12.7 Å². The number of carbonyl (C=O) groups is 1. The van der Waals surface area contributed by atoms with E-state index in [-0.39, 0.29) is 12.0 Å². The number of amides is 1. The molecular formula is C11H23N3O2. The van der Waals surface area contributed by atoms with Crippen molar-refractivity contribution in [1.29, 1.82) is 0 Å². The van der Waals surface area contributed by atoms with Crippen LogP contribution in [0.5, 0.6) is 0 Å². The molecule has 1 atom stereocenters. The highest BCUT2D eigenvalue weighted by Crippen LogP contribution is 2.02. The number of nitrogens with zero attached hydrogens (tertiary/aromatic N) is 1. The molecule has 0 aromatic rings. The van der Waals surface area contributed by atoms with Crippen LogP contribution in [0.15, 0.2) is 0 Å². The molecule has 0 aliphatic carbocycles. The van der Waals surface area contributed by atoms with Gasteiger partial charge in [-0.1, -0.05) is 0 Å². The molecule has 0 spiro atoms. The van der Waals surface area contributed by atoms with Gasteiger partial charge < -0.3 is 20.7 Å². The third kappa shape index (κ3) is 5.44. The zero-order valence-corrected chi connectivity index (χ0v) is 10.1. The van der Waals surface area contributed by atoms with Crippen LogP contribution in [0.1, 0.15) is 19.3 Å². The summed E-state index contributed by atoms with van der Waals surface area (Å²) < 4.78 is 5.55. The Morgan fingerprint density at radius 3 is 3.06 bits per heavy atom. The summed E-state index contributed by atoms with van der Waals surface area (Å²) in [4.78, 5) is 13.6. The van der Waals surface area contributed by atoms with Crippen molar-refractivity contribution in [2.75, 3.05) is 39.8 Å². The van der Waals surface area contributed by atoms with Gasteiger partial charge in [0.2, 0.25) is 5.91 Å². The molecule has 16 heavy (non-hydrogen) atoms. The molecule has 1 unspecified atom stereocenters. The van der Waals surface area contributed by atoms with Crippen LogP contribution in [0.2, 0.25) is 0 Å². The lowest BCUT2D eigenvalue weighted by Gasteiger charge is -2.30. The van der Waals surface area contributed by atoms with E-state index in [9.17, 15) is 4.79 Å². The first-order valence-corrected chi connectivity index (χ1v) is 5.99. The molecule has 5 nitrogen and oxygen atoms in total. The number of carbonyl (C=O) groups excluding carboxylic acids is 1. The molecule has 94 valence electrons. The Kier molecular flexibility index (Phi) is 6.37. The fraction of sp³-hybridized carbons (Fsp3) is 0.909. The van der Waals surface area contributed by atoms with Gasteiger partial charge in [0.15, 0.2) is 0 Å². The van der Waals surface area contributed by atoms with Crippen LogP contribution in [0.3, 0.4) is 0 Å². The summed E-state index contributed by atoms with van der Waals surface area (Å²) in [6, 6.07) is 0. The fourth-order valence-corrected chi connectivity index (χ4v) is 1.74. The monoisotopic (exact) mass is 229 g/mol. The summed E-state index contributed by atoms with van der Waals surface area (Å²) in [5.41, 5.74) is 5.36. The zero-order chi connectivity index (χ0) is 11.8. The number of likely N-dealkylation sites (N-methyl/N-ethyl adjacent to an activating group) is 1. The number of morpholine rings is 1. The Morgan fingerprint density at radius 1 is 1.56 bits per heavy atom. The molecule has 5 heteroatoms. The zero-order valence-electron chi connectivity index (χ0n) is 10.1. The lowest BCUT2D eigenvalue weighted by Crippen LogP contribution is -2.45. The fourth-order valence-electron chi connectivity index (χ4n) is 1.74. The molecular weight excluding hydrogens is 206 g/mol. The molecule has 1 saturated heterocycles. The third-order valence-corrected chi connectivity index (χ3v) is 2.73. The van der Waals surface area contributed by atoms with E-state index < -0.39 is 0 Å². The van der Waals surface area contributed by atoms with Crippen LogP contribution in [0.4, 0.5) is 0 Å². The molecule has 1 heterocycles. The van der Waals surface area contributed by atoms with E-state index >= 15 is 0 Å². The largest absolute Gasteiger partial charge is 0.374 e. The van der Waals surface area contributed by atoms with E-state index in [4.69, 9.17) is 10.5 Å². The summed E-state index contributed by atoms with van der Waals surface area (Å²) in [5, 5.41) is 2.90. The number of hydrogen-bond donors (Lipinski definition) is 2. The molecule has 0 bridgehead atoms. The second-order valence-corrected chi connectivity index (χ2v) is 4.30. The standard InChI is InChI=1S/C11H23N3O2/c1-14-6-7-16-10(9-14)8-13-11(15)4-2-3-5-12/h10H,2-9,12H2,1H3,(H,13,15). The van der Waals surface area contributed by atoms with Crippen molar-refractivity contribution in [3.63, 3.8) is 0 Å². The number of hydrogen-bond acceptors (Lipinski definition) is 4. The smallest absolute Gasteiger partial charge is 0.220 e. The van der Waals surface area contributed by atoms with E-state index in [1.807, 2.05) is 0 Å². The number of rotatable bonds is 6. The Bertz CT molecular complexity index is 211. The topological polar surface area (TPSA) is 67.6 Å². The van der Waals surface area contributed by atoms with E-state index in [0.717, 1.165) is 32.5 Å². The van der Waals surface area contributed by atoms with E-state index in [1.54, 1.807) is 0 Å². The lowest BCUT2D eigenvalue weighted by molar-refractivity contribution is -0.122. The minimum atomic E-state index is 0.102. The van der Waals surface area contributed by atoms with Gasteiger partial charge in [0.1, 0.15) is 0 Å². The molecule has 0 saturated carbocycles. The normalized spacial score (nSPS) is 22.0. The molecule has 1 aliphatic rings. The molecule has 1 aliphatic heterocycles. The summed E-state index contributed by atoms with van der Waals surface area (Å²) in [5.74, 6) is 0.102. The lowest BCUT2D eigenvalue weighted by atomic mass is 10.2. The second kappa shape index (κ2) is 7.60. The molecule has 0 aromatic carbocycles. The SMILES string of the molecule is CN1CCOC(CNC(=O)CCCCN)C1. The van der Waals surface area contributed by atoms with Crippen molar-refractivity contribution in [3.8, 4) is 0 Å². The third-order valence-electron chi connectivity index (χ3n) is 2.73. The van der Waals surface area contributed by atoms with Gasteiger partial charge in [0, 0.05) is 26.1 Å². The van der Waals surface area contributed by atoms with Crippen LogP contribution < -0.4 is 11.1 Å². The number of unbranched alkanes of at least 4 members (excludes halogenated alkanes) is 1. The maximum atomic E-state index is 11.4. The number of nitrogens with one attached hydrogen (secondary N) is 1. The first kappa shape index (κ1) is 13.4. The van der Waals surface area contributed by atoms with Gasteiger partial charge in [-0.25, -0.2) is 0 Å². The molecule has 3 N–H and O–H groups in total. The minimum absolute atomic E-state index is 0.102. The molecule has 0 aromatic heterocycles. The highest BCUT2D eigenvalue weighted by atomic mass is 16.5. The summed E-state index contributed by atoms with van der Waals surface area (Å²) in [7, 11) is 2.07. The maximum absolute atomic E-state index is 11.4. The first-order chi connectivity index (χ1) is 7.72. The van der Waals surface area contributed by atoms with Gasteiger partial charge in [-0.05, 0) is 26.4 Å². The quantitative estimate of drug-likeness (QED) is 0.606. The van der Waals surface area contributed by atoms with Gasteiger partial charge in [0.25, 0.3) is 0 Å². The second-order valence-electron chi connectivity index (χ2n) is 4.30. The van der Waals surface area contributed by atoms with E-state index in [0.29, 0.717) is 19.5 Å². The van der Waals surface area contributed by atoms with Gasteiger partial charge >= 0.3 is 0 Å². The van der Waals surface area contributed by atoms with Gasteiger partial charge in [-0.2, -0.15) is 0 Å². The Hall–Kier alpha value is -0.650. The number of nitrogens with two attached hydrogens (primary N) is 1. The predicted octanol–water partition coefficient (Wildman–Crippen LogP) is -0.438. The van der Waals surface area contributed by atoms with Crippen molar-refractivity contribution < 1.29 is 9.53 Å². The van der Waals surface area contributed by atoms with Crippen LogP contribution in [0, 0.1) is 0 Å². The van der Waals surface area contributed by atoms with Crippen molar-refractivity contribution in [1.82, 2.24) is 10.2 Å². The summed E-state index contributed by atoms with van der Waals surface area (Å²) in [6.45, 7) is 3.89. The summed E-state index contributed by atoms with van der Waals surface area (Å²) >= 11 is 0. The van der Waals surface area contributed by atoms with Crippen molar-refractivity contribution in [2.24, 2.45) is 5.73 Å². The molecule has 1 fully saturated rings. The van der Waals surface area contributed by atoms with E-state index in [1.165, 1.54) is 0 Å². The van der Waals surface area contributed by atoms with Crippen molar-refractivity contribution >= 4 is 5.91 Å². The first-order valence-electron chi connectivity index (χ1n) is 5.99. The Balaban J connectivity index is 2.06. The van der Waals surface area contributed by atoms with Crippen LogP contribution >= 0.6 is 0 Å². The highest BCUT2D eigenvalue weighted by Gasteiger charge is 2.17. The van der Waals surface area contributed by atoms with Crippen LogP contribution in [-0.2, 0) is 9.53 Å². The van der Waals surface area contributed by atoms with Gasteiger partial charge in [-0.15, -0.1) is 0 Å². The molecule has 0 radical (unpaired) electrons. The van der Waals surface area contributed by atoms with E-state index in [2.05, 4.69) is 17.3 Å². The average molecular weight is 229 g/mol. The average Bonchev–Trinajstić information content (AvgIpc) is 2.27. The highest BCUT2D eigenvalue weighted by molar-refractivity contribution is 5.75. The molecule has 1 rings (SSSR count). The Labute approximate surface area is 97.3 Å². The van der Waals surface area contributed by atoms with Crippen molar-refractivity contribution in [2.45, 2.75) is 25.4 Å². The van der Waals surface area contributed by atoms with Crippen LogP contribution in [0.25, 0.3) is 0 Å².